The fraction of sp³-hybridized carbons (Fsp3) is 1.00. The Morgan fingerprint density at radius 1 is 1.11 bits per heavy atom. The molecular weight excluding hydrogens is 222 g/mol. The number of rotatable bonds is 6. The van der Waals surface area contributed by atoms with Crippen LogP contribution in [0, 0.1) is 23.7 Å². The van der Waals surface area contributed by atoms with Crippen molar-refractivity contribution in [1.82, 2.24) is 5.32 Å². The monoisotopic (exact) mass is 255 g/mol. The van der Waals surface area contributed by atoms with Gasteiger partial charge in [0.1, 0.15) is 0 Å². The molecule has 0 atom stereocenters. The molecule has 2 nitrogen and oxygen atoms in total. The minimum Gasteiger partial charge on any atom is -0.389 e. The van der Waals surface area contributed by atoms with Gasteiger partial charge in [0.05, 0.1) is 5.60 Å². The number of hydrogen-bond donors (Lipinski definition) is 2. The van der Waals surface area contributed by atoms with Crippen LogP contribution in [0.2, 0.25) is 0 Å². The van der Waals surface area contributed by atoms with Crippen LogP contribution in [0.25, 0.3) is 0 Å². The summed E-state index contributed by atoms with van der Waals surface area (Å²) in [6.45, 7) is 13.3. The second-order valence-corrected chi connectivity index (χ2v) is 7.19. The van der Waals surface area contributed by atoms with Gasteiger partial charge in [-0.3, -0.25) is 0 Å². The van der Waals surface area contributed by atoms with Gasteiger partial charge in [0.2, 0.25) is 0 Å². The van der Waals surface area contributed by atoms with Gasteiger partial charge in [-0.25, -0.2) is 0 Å². The first-order valence-electron chi connectivity index (χ1n) is 7.77. The SMILES string of the molecule is CC1CCC(O)(CNCC(C(C)C)C(C)C)CC1. The van der Waals surface area contributed by atoms with E-state index in [4.69, 9.17) is 0 Å². The Bertz CT molecular complexity index is 221. The molecule has 1 aliphatic rings. The van der Waals surface area contributed by atoms with E-state index in [9.17, 15) is 5.11 Å². The number of nitrogens with one attached hydrogen (secondary N) is 1. The van der Waals surface area contributed by atoms with Gasteiger partial charge in [-0.2, -0.15) is 0 Å². The van der Waals surface area contributed by atoms with Crippen LogP contribution in [0.3, 0.4) is 0 Å². The van der Waals surface area contributed by atoms with E-state index in [0.717, 1.165) is 31.8 Å². The highest BCUT2D eigenvalue weighted by Crippen LogP contribution is 2.31. The second-order valence-electron chi connectivity index (χ2n) is 7.19. The molecule has 108 valence electrons. The predicted molar refractivity (Wildman–Crippen MR) is 78.6 cm³/mol. The maximum Gasteiger partial charge on any atom is 0.0771 e. The molecule has 0 aromatic carbocycles. The molecular formula is C16H33NO. The van der Waals surface area contributed by atoms with Gasteiger partial charge in [-0.05, 0) is 55.9 Å². The Kier molecular flexibility index (Phi) is 6.13. The standard InChI is InChI=1S/C16H33NO/c1-12(2)15(13(3)4)10-17-11-16(18)8-6-14(5)7-9-16/h12-15,17-18H,6-11H2,1-5H3. The lowest BCUT2D eigenvalue weighted by Gasteiger charge is -2.36. The van der Waals surface area contributed by atoms with Crippen LogP contribution < -0.4 is 5.32 Å². The van der Waals surface area contributed by atoms with E-state index in [2.05, 4.69) is 39.9 Å². The summed E-state index contributed by atoms with van der Waals surface area (Å²) in [7, 11) is 0. The largest absolute Gasteiger partial charge is 0.389 e. The fourth-order valence-electron chi connectivity index (χ4n) is 3.19. The van der Waals surface area contributed by atoms with Gasteiger partial charge in [-0.15, -0.1) is 0 Å². The van der Waals surface area contributed by atoms with Crippen molar-refractivity contribution in [1.29, 1.82) is 0 Å². The molecule has 1 fully saturated rings. The van der Waals surface area contributed by atoms with Crippen molar-refractivity contribution < 1.29 is 5.11 Å². The highest BCUT2D eigenvalue weighted by molar-refractivity contribution is 4.86. The molecule has 0 amide bonds. The smallest absolute Gasteiger partial charge is 0.0771 e. The molecule has 0 aromatic rings. The van der Waals surface area contributed by atoms with E-state index in [1.54, 1.807) is 0 Å². The third-order valence-corrected chi connectivity index (χ3v) is 4.75. The number of aliphatic hydroxyl groups is 1. The second kappa shape index (κ2) is 6.91. The molecule has 0 aromatic heterocycles. The first-order chi connectivity index (χ1) is 8.34. The Morgan fingerprint density at radius 2 is 1.61 bits per heavy atom. The van der Waals surface area contributed by atoms with E-state index in [0.29, 0.717) is 17.8 Å². The van der Waals surface area contributed by atoms with Crippen molar-refractivity contribution in [3.05, 3.63) is 0 Å². The lowest BCUT2D eigenvalue weighted by Crippen LogP contribution is -2.45. The molecule has 0 aliphatic heterocycles. The number of hydrogen-bond acceptors (Lipinski definition) is 2. The third kappa shape index (κ3) is 4.89. The minimum absolute atomic E-state index is 0.439. The average molecular weight is 255 g/mol. The van der Waals surface area contributed by atoms with Gasteiger partial charge < -0.3 is 10.4 Å². The summed E-state index contributed by atoms with van der Waals surface area (Å²) in [5.41, 5.74) is -0.439. The first-order valence-corrected chi connectivity index (χ1v) is 7.77. The van der Waals surface area contributed by atoms with Crippen LogP contribution in [-0.4, -0.2) is 23.8 Å². The summed E-state index contributed by atoms with van der Waals surface area (Å²) in [6.07, 6.45) is 4.29. The molecule has 0 bridgehead atoms. The fourth-order valence-corrected chi connectivity index (χ4v) is 3.19. The molecule has 2 N–H and O–H groups in total. The van der Waals surface area contributed by atoms with Gasteiger partial charge >= 0.3 is 0 Å². The highest BCUT2D eigenvalue weighted by Gasteiger charge is 2.31. The van der Waals surface area contributed by atoms with Crippen molar-refractivity contribution in [2.45, 2.75) is 65.9 Å². The zero-order chi connectivity index (χ0) is 13.8. The summed E-state index contributed by atoms with van der Waals surface area (Å²) in [5, 5.41) is 14.0. The maximum atomic E-state index is 10.5. The molecule has 2 heteroatoms. The molecule has 1 rings (SSSR count). The Hall–Kier alpha value is -0.0800. The van der Waals surface area contributed by atoms with Gasteiger partial charge in [-0.1, -0.05) is 34.6 Å². The normalized spacial score (nSPS) is 29.5. The zero-order valence-corrected chi connectivity index (χ0v) is 13.0. The highest BCUT2D eigenvalue weighted by atomic mass is 16.3. The summed E-state index contributed by atoms with van der Waals surface area (Å²) < 4.78 is 0. The lowest BCUT2D eigenvalue weighted by atomic mass is 9.79. The first kappa shape index (κ1) is 16.0. The van der Waals surface area contributed by atoms with Crippen LogP contribution in [0.15, 0.2) is 0 Å². The summed E-state index contributed by atoms with van der Waals surface area (Å²) in [6, 6.07) is 0. The zero-order valence-electron chi connectivity index (χ0n) is 13.0. The Balaban J connectivity index is 2.32. The van der Waals surface area contributed by atoms with Crippen molar-refractivity contribution in [2.24, 2.45) is 23.7 Å². The molecule has 18 heavy (non-hydrogen) atoms. The Morgan fingerprint density at radius 3 is 2.06 bits per heavy atom. The molecule has 0 radical (unpaired) electrons. The quantitative estimate of drug-likeness (QED) is 0.762. The summed E-state index contributed by atoms with van der Waals surface area (Å²) in [4.78, 5) is 0. The van der Waals surface area contributed by atoms with Crippen LogP contribution >= 0.6 is 0 Å². The lowest BCUT2D eigenvalue weighted by molar-refractivity contribution is -0.00739. The van der Waals surface area contributed by atoms with E-state index in [1.807, 2.05) is 0 Å². The Labute approximate surface area is 114 Å². The average Bonchev–Trinajstić information content (AvgIpc) is 2.28. The van der Waals surface area contributed by atoms with E-state index in [1.165, 1.54) is 12.8 Å². The van der Waals surface area contributed by atoms with Crippen molar-refractivity contribution in [2.75, 3.05) is 13.1 Å². The maximum absolute atomic E-state index is 10.5. The van der Waals surface area contributed by atoms with Gasteiger partial charge in [0, 0.05) is 6.54 Å². The third-order valence-electron chi connectivity index (χ3n) is 4.75. The van der Waals surface area contributed by atoms with E-state index in [-0.39, 0.29) is 0 Å². The van der Waals surface area contributed by atoms with Crippen LogP contribution in [0.4, 0.5) is 0 Å². The van der Waals surface area contributed by atoms with Crippen molar-refractivity contribution in [3.63, 3.8) is 0 Å². The van der Waals surface area contributed by atoms with Crippen molar-refractivity contribution >= 4 is 0 Å². The molecule has 0 heterocycles. The van der Waals surface area contributed by atoms with Gasteiger partial charge in [0.15, 0.2) is 0 Å². The van der Waals surface area contributed by atoms with Crippen LogP contribution in [-0.2, 0) is 0 Å². The van der Waals surface area contributed by atoms with E-state index >= 15 is 0 Å². The minimum atomic E-state index is -0.439. The van der Waals surface area contributed by atoms with Crippen LogP contribution in [0.1, 0.15) is 60.3 Å². The van der Waals surface area contributed by atoms with Crippen molar-refractivity contribution in [3.8, 4) is 0 Å². The topological polar surface area (TPSA) is 32.3 Å². The summed E-state index contributed by atoms with van der Waals surface area (Å²) in [5.74, 6) is 2.91. The molecule has 1 aliphatic carbocycles. The van der Waals surface area contributed by atoms with Gasteiger partial charge in [0.25, 0.3) is 0 Å². The molecule has 0 saturated heterocycles. The molecule has 1 saturated carbocycles. The van der Waals surface area contributed by atoms with Crippen LogP contribution in [0.5, 0.6) is 0 Å². The predicted octanol–water partition coefficient (Wildman–Crippen LogP) is 3.45. The molecule has 0 unspecified atom stereocenters. The molecule has 0 spiro atoms. The van der Waals surface area contributed by atoms with E-state index < -0.39 is 5.60 Å². The summed E-state index contributed by atoms with van der Waals surface area (Å²) >= 11 is 0.